The molecule has 14 nitrogen and oxygen atoms in total. The van der Waals surface area contributed by atoms with Gasteiger partial charge in [-0.05, 0) is 144 Å². The summed E-state index contributed by atoms with van der Waals surface area (Å²) in [4.78, 5) is 46.6. The van der Waals surface area contributed by atoms with Crippen LogP contribution in [0.2, 0.25) is 6.04 Å². The van der Waals surface area contributed by atoms with Gasteiger partial charge in [0.05, 0.1) is 39.1 Å². The molecule has 0 aromatic heterocycles. The molecule has 59 heavy (non-hydrogen) atoms. The number of carbonyl (C=O) groups excluding carboxylic acids is 3. The van der Waals surface area contributed by atoms with E-state index in [2.05, 4.69) is 49.2 Å². The van der Waals surface area contributed by atoms with Gasteiger partial charge in [-0.3, -0.25) is 19.3 Å². The van der Waals surface area contributed by atoms with Crippen molar-refractivity contribution in [2.45, 2.75) is 112 Å². The molecule has 1 aromatic carbocycles. The van der Waals surface area contributed by atoms with E-state index >= 15 is 0 Å². The summed E-state index contributed by atoms with van der Waals surface area (Å²) in [6.07, 6.45) is 5.86. The van der Waals surface area contributed by atoms with Crippen molar-refractivity contribution in [3.05, 3.63) is 35.4 Å². The van der Waals surface area contributed by atoms with Gasteiger partial charge in [0, 0.05) is 58.6 Å². The average Bonchev–Trinajstić information content (AvgIpc) is 3.21. The van der Waals surface area contributed by atoms with Gasteiger partial charge in [-0.15, -0.1) is 0 Å². The number of carbonyl (C=O) groups is 3. The second-order valence-corrected chi connectivity index (χ2v) is 17.7. The zero-order valence-corrected chi connectivity index (χ0v) is 38.8. The molecule has 0 unspecified atom stereocenters. The molecule has 0 atom stereocenters. The molecule has 0 saturated carbocycles. The van der Waals surface area contributed by atoms with Gasteiger partial charge in [-0.25, -0.2) is 0 Å². The maximum Gasteiger partial charge on any atom is 0.500 e. The van der Waals surface area contributed by atoms with E-state index in [4.69, 9.17) is 27.5 Å². The summed E-state index contributed by atoms with van der Waals surface area (Å²) in [5, 5.41) is 3.59. The normalized spacial score (nSPS) is 16.5. The van der Waals surface area contributed by atoms with E-state index in [1.165, 1.54) is 11.1 Å². The SMILES string of the molecule is CCOC(=O)CCN1CCCN(CCC(=O)OCC)CCCN(Cc2ccc(CNCCC[Si](OCC)(OCC)OCC)cc2)CCCN(CCC(=O)OCC)CCC1. The van der Waals surface area contributed by atoms with Crippen LogP contribution in [0.25, 0.3) is 0 Å². The highest BCUT2D eigenvalue weighted by Crippen LogP contribution is 2.18. The molecule has 1 saturated heterocycles. The number of esters is 3. The van der Waals surface area contributed by atoms with Gasteiger partial charge in [0.2, 0.25) is 0 Å². The predicted octanol–water partition coefficient (Wildman–Crippen LogP) is 5.36. The molecular weight excluding hydrogens is 771 g/mol. The molecule has 2 rings (SSSR count). The van der Waals surface area contributed by atoms with E-state index in [1.807, 2.05) is 41.5 Å². The van der Waals surface area contributed by atoms with Gasteiger partial charge in [0.1, 0.15) is 0 Å². The second-order valence-electron chi connectivity index (χ2n) is 15.0. The first-order valence-electron chi connectivity index (χ1n) is 22.8. The minimum atomic E-state index is -2.63. The highest BCUT2D eigenvalue weighted by atomic mass is 28.4. The Morgan fingerprint density at radius 2 is 0.881 bits per heavy atom. The van der Waals surface area contributed by atoms with Gasteiger partial charge in [0.25, 0.3) is 0 Å². The maximum atomic E-state index is 12.3. The third-order valence-corrected chi connectivity index (χ3v) is 13.4. The first-order chi connectivity index (χ1) is 28.7. The quantitative estimate of drug-likeness (QED) is 0.0556. The van der Waals surface area contributed by atoms with Crippen molar-refractivity contribution in [3.8, 4) is 0 Å². The highest BCUT2D eigenvalue weighted by molar-refractivity contribution is 6.60. The highest BCUT2D eigenvalue weighted by Gasteiger charge is 2.39. The van der Waals surface area contributed by atoms with E-state index in [9.17, 15) is 14.4 Å². The second kappa shape index (κ2) is 33.2. The van der Waals surface area contributed by atoms with Crippen LogP contribution in [0.3, 0.4) is 0 Å². The summed E-state index contributed by atoms with van der Waals surface area (Å²) in [7, 11) is -2.63. The van der Waals surface area contributed by atoms with Crippen LogP contribution >= 0.6 is 0 Å². The number of rotatable bonds is 26. The number of nitrogens with zero attached hydrogens (tertiary/aromatic N) is 4. The molecule has 0 spiro atoms. The fourth-order valence-corrected chi connectivity index (χ4v) is 10.1. The van der Waals surface area contributed by atoms with Gasteiger partial charge in [-0.1, -0.05) is 24.3 Å². The third kappa shape index (κ3) is 24.5. The van der Waals surface area contributed by atoms with Gasteiger partial charge in [0.15, 0.2) is 0 Å². The van der Waals surface area contributed by atoms with E-state index in [0.717, 1.165) is 110 Å². The lowest BCUT2D eigenvalue weighted by molar-refractivity contribution is -0.144. The molecule has 340 valence electrons. The molecule has 0 amide bonds. The lowest BCUT2D eigenvalue weighted by atomic mass is 10.1. The topological polar surface area (TPSA) is 132 Å². The van der Waals surface area contributed by atoms with Crippen molar-refractivity contribution in [1.82, 2.24) is 24.9 Å². The Bertz CT molecular complexity index is 1190. The molecule has 15 heteroatoms. The Morgan fingerprint density at radius 3 is 1.24 bits per heavy atom. The molecule has 1 heterocycles. The third-order valence-electron chi connectivity index (χ3n) is 10.3. The van der Waals surface area contributed by atoms with E-state index in [0.29, 0.717) is 78.5 Å². The first-order valence-corrected chi connectivity index (χ1v) is 24.7. The molecule has 1 fully saturated rings. The van der Waals surface area contributed by atoms with Crippen LogP contribution in [0.1, 0.15) is 104 Å². The molecule has 0 radical (unpaired) electrons. The van der Waals surface area contributed by atoms with Crippen LogP contribution in [0.4, 0.5) is 0 Å². The lowest BCUT2D eigenvalue weighted by Crippen LogP contribution is -2.46. The molecule has 1 aliphatic heterocycles. The Morgan fingerprint density at radius 1 is 0.525 bits per heavy atom. The van der Waals surface area contributed by atoms with Crippen LogP contribution in [0, 0.1) is 0 Å². The van der Waals surface area contributed by atoms with Gasteiger partial charge < -0.3 is 47.5 Å². The smallest absolute Gasteiger partial charge is 0.466 e. The van der Waals surface area contributed by atoms with Crippen LogP contribution < -0.4 is 5.32 Å². The Labute approximate surface area is 358 Å². The summed E-state index contributed by atoms with van der Waals surface area (Å²) in [6.45, 7) is 26.0. The van der Waals surface area contributed by atoms with E-state index in [-0.39, 0.29) is 17.9 Å². The number of benzene rings is 1. The Hall–Kier alpha value is -2.47. The van der Waals surface area contributed by atoms with E-state index in [1.54, 1.807) is 0 Å². The zero-order chi connectivity index (χ0) is 43.0. The van der Waals surface area contributed by atoms with Gasteiger partial charge >= 0.3 is 26.7 Å². The average molecular weight is 852 g/mol. The van der Waals surface area contributed by atoms with Crippen LogP contribution in [0.15, 0.2) is 24.3 Å². The Kier molecular flexibility index (Phi) is 29.6. The molecule has 0 aliphatic carbocycles. The molecule has 0 bridgehead atoms. The lowest BCUT2D eigenvalue weighted by Gasteiger charge is -2.30. The Balaban J connectivity index is 2.11. The first kappa shape index (κ1) is 52.7. The maximum absolute atomic E-state index is 12.3. The molecule has 1 aromatic rings. The van der Waals surface area contributed by atoms with Crippen molar-refractivity contribution in [2.75, 3.05) is 118 Å². The summed E-state index contributed by atoms with van der Waals surface area (Å²) in [5.74, 6) is -0.480. The number of hydrogen-bond acceptors (Lipinski definition) is 14. The van der Waals surface area contributed by atoms with Crippen LogP contribution in [0.5, 0.6) is 0 Å². The molecule has 1 N–H and O–H groups in total. The predicted molar refractivity (Wildman–Crippen MR) is 235 cm³/mol. The minimum Gasteiger partial charge on any atom is -0.466 e. The van der Waals surface area contributed by atoms with Crippen LogP contribution in [-0.2, 0) is 55.0 Å². The molecular formula is C44H81N5O9Si. The van der Waals surface area contributed by atoms with Gasteiger partial charge in [-0.2, -0.15) is 0 Å². The van der Waals surface area contributed by atoms with Crippen molar-refractivity contribution >= 4 is 26.7 Å². The molecule has 1 aliphatic rings. The standard InChI is InChI=1S/C44H81N5O9Si/c1-7-53-42(50)22-34-46-26-14-28-47(35-23-43(51)54-8-2)30-16-32-49(33-17-31-48(29-15-27-46)36-24-44(52)55-9-3)39-41-20-18-40(19-21-41)38-45-25-13-37-59(56-10-4,57-11-5)58-12-6/h18-21,45H,7-17,22-39H2,1-6H3. The summed E-state index contributed by atoms with van der Waals surface area (Å²) >= 11 is 0. The van der Waals surface area contributed by atoms with Crippen molar-refractivity contribution in [1.29, 1.82) is 0 Å². The monoisotopic (exact) mass is 852 g/mol. The van der Waals surface area contributed by atoms with Crippen molar-refractivity contribution in [2.24, 2.45) is 0 Å². The number of ether oxygens (including phenoxy) is 3. The fourth-order valence-electron chi connectivity index (χ4n) is 7.48. The summed E-state index contributed by atoms with van der Waals surface area (Å²) in [5.41, 5.74) is 2.53. The van der Waals surface area contributed by atoms with E-state index < -0.39 is 8.80 Å². The number of hydrogen-bond donors (Lipinski definition) is 1. The van der Waals surface area contributed by atoms with Crippen molar-refractivity contribution in [3.63, 3.8) is 0 Å². The van der Waals surface area contributed by atoms with Crippen LogP contribution in [-0.4, -0.2) is 164 Å². The zero-order valence-electron chi connectivity index (χ0n) is 37.8. The number of nitrogens with one attached hydrogen (secondary N) is 1. The minimum absolute atomic E-state index is 0.156. The summed E-state index contributed by atoms with van der Waals surface area (Å²) in [6, 6.07) is 9.75. The fraction of sp³-hybridized carbons (Fsp3) is 0.795. The van der Waals surface area contributed by atoms with Crippen molar-refractivity contribution < 1.29 is 41.9 Å². The largest absolute Gasteiger partial charge is 0.500 e. The summed E-state index contributed by atoms with van der Waals surface area (Å²) < 4.78 is 33.8.